The molecule has 3 atom stereocenters. The van der Waals surface area contributed by atoms with Crippen molar-refractivity contribution < 1.29 is 23.8 Å². The fourth-order valence-electron chi connectivity index (χ4n) is 4.17. The van der Waals surface area contributed by atoms with E-state index in [2.05, 4.69) is 15.0 Å². The number of ether oxygens (including phenoxy) is 3. The van der Waals surface area contributed by atoms with Gasteiger partial charge in [0.25, 0.3) is 5.56 Å². The maximum absolute atomic E-state index is 13.2. The summed E-state index contributed by atoms with van der Waals surface area (Å²) in [5.41, 5.74) is 6.59. The van der Waals surface area contributed by atoms with Crippen LogP contribution in [0.2, 0.25) is 10.0 Å². The molecular formula is C26H21Cl2N5O6. The Morgan fingerprint density at radius 3 is 2.28 bits per heavy atom. The number of nitrogens with zero attached hydrogens (tertiary/aromatic N) is 4. The second kappa shape index (κ2) is 11.0. The summed E-state index contributed by atoms with van der Waals surface area (Å²) in [4.78, 5) is 51.0. The number of fused-ring (bicyclic) bond motifs is 1. The van der Waals surface area contributed by atoms with Gasteiger partial charge in [-0.25, -0.2) is 24.5 Å². The highest BCUT2D eigenvalue weighted by atomic mass is 35.5. The molecule has 2 aromatic heterocycles. The van der Waals surface area contributed by atoms with Crippen molar-refractivity contribution in [2.75, 3.05) is 12.3 Å². The van der Waals surface area contributed by atoms with Gasteiger partial charge < -0.3 is 19.9 Å². The highest BCUT2D eigenvalue weighted by molar-refractivity contribution is 6.31. The van der Waals surface area contributed by atoms with Gasteiger partial charge in [0.2, 0.25) is 0 Å². The maximum Gasteiger partial charge on any atom is 0.338 e. The summed E-state index contributed by atoms with van der Waals surface area (Å²) < 4.78 is 18.7. The Morgan fingerprint density at radius 1 is 1.03 bits per heavy atom. The van der Waals surface area contributed by atoms with E-state index in [-0.39, 0.29) is 46.8 Å². The van der Waals surface area contributed by atoms with Crippen LogP contribution in [-0.2, 0) is 14.2 Å². The summed E-state index contributed by atoms with van der Waals surface area (Å²) in [6.45, 7) is 1.27. The standard InChI is InChI=1S/C26H21Cl2N5O6/c1-13-24(34)33(23-21(32-13)22(29)30-12-31-23)20-10-18(39-26(36)15-4-8-17(28)9-5-15)19(38-20)11-37-25(35)14-2-6-16(27)7-3-14/h2-9,12,18-20H,10-11H2,1H3,(H2,29,30,31)/t18-,19+,20+/m0/s1. The lowest BCUT2D eigenvalue weighted by atomic mass is 10.1. The fourth-order valence-corrected chi connectivity index (χ4v) is 4.42. The van der Waals surface area contributed by atoms with Crippen LogP contribution in [0.1, 0.15) is 39.1 Å². The fraction of sp³-hybridized carbons (Fsp3) is 0.231. The molecule has 5 rings (SSSR count). The number of carbonyl (C=O) groups is 2. The first-order chi connectivity index (χ1) is 18.7. The zero-order chi connectivity index (χ0) is 27.7. The lowest BCUT2D eigenvalue weighted by Crippen LogP contribution is -2.32. The van der Waals surface area contributed by atoms with Gasteiger partial charge in [-0.3, -0.25) is 9.36 Å². The zero-order valence-corrected chi connectivity index (χ0v) is 21.9. The predicted octanol–water partition coefficient (Wildman–Crippen LogP) is 3.75. The van der Waals surface area contributed by atoms with Crippen molar-refractivity contribution in [1.29, 1.82) is 0 Å². The van der Waals surface area contributed by atoms with E-state index in [1.807, 2.05) is 0 Å². The third-order valence-corrected chi connectivity index (χ3v) is 6.64. The van der Waals surface area contributed by atoms with Crippen LogP contribution >= 0.6 is 23.2 Å². The molecule has 3 heterocycles. The molecule has 2 N–H and O–H groups in total. The van der Waals surface area contributed by atoms with Gasteiger partial charge >= 0.3 is 11.9 Å². The molecule has 0 spiro atoms. The smallest absolute Gasteiger partial charge is 0.338 e. The minimum atomic E-state index is -0.932. The third kappa shape index (κ3) is 5.56. The van der Waals surface area contributed by atoms with Crippen molar-refractivity contribution in [2.24, 2.45) is 0 Å². The van der Waals surface area contributed by atoms with Gasteiger partial charge in [-0.2, -0.15) is 0 Å². The van der Waals surface area contributed by atoms with Gasteiger partial charge in [-0.15, -0.1) is 0 Å². The molecule has 1 aliphatic heterocycles. The molecular weight excluding hydrogens is 549 g/mol. The van der Waals surface area contributed by atoms with E-state index in [9.17, 15) is 14.4 Å². The number of hydrogen-bond donors (Lipinski definition) is 1. The molecule has 0 amide bonds. The molecule has 1 saturated heterocycles. The first-order valence-electron chi connectivity index (χ1n) is 11.8. The van der Waals surface area contributed by atoms with Gasteiger partial charge in [0.15, 0.2) is 11.5 Å². The monoisotopic (exact) mass is 569 g/mol. The van der Waals surface area contributed by atoms with Gasteiger partial charge in [0.05, 0.1) is 11.1 Å². The Morgan fingerprint density at radius 2 is 1.64 bits per heavy atom. The average Bonchev–Trinajstić information content (AvgIpc) is 3.31. The summed E-state index contributed by atoms with van der Waals surface area (Å²) >= 11 is 11.8. The number of halogens is 2. The van der Waals surface area contributed by atoms with Crippen LogP contribution in [0.3, 0.4) is 0 Å². The Balaban J connectivity index is 1.44. The van der Waals surface area contributed by atoms with E-state index in [0.29, 0.717) is 10.0 Å². The molecule has 0 bridgehead atoms. The van der Waals surface area contributed by atoms with Crippen LogP contribution < -0.4 is 11.3 Å². The molecule has 200 valence electrons. The average molecular weight is 570 g/mol. The molecule has 0 unspecified atom stereocenters. The molecule has 0 saturated carbocycles. The largest absolute Gasteiger partial charge is 0.459 e. The minimum Gasteiger partial charge on any atom is -0.459 e. The molecule has 11 nitrogen and oxygen atoms in total. The van der Waals surface area contributed by atoms with Crippen LogP contribution in [0.5, 0.6) is 0 Å². The Labute approximate surface area is 231 Å². The molecule has 1 fully saturated rings. The van der Waals surface area contributed by atoms with Crippen molar-refractivity contribution in [3.63, 3.8) is 0 Å². The van der Waals surface area contributed by atoms with Gasteiger partial charge in [0, 0.05) is 16.5 Å². The van der Waals surface area contributed by atoms with E-state index < -0.39 is 35.9 Å². The number of rotatable bonds is 6. The quantitative estimate of drug-likeness (QED) is 0.340. The van der Waals surface area contributed by atoms with Crippen LogP contribution in [0.4, 0.5) is 5.82 Å². The van der Waals surface area contributed by atoms with Crippen molar-refractivity contribution >= 4 is 52.1 Å². The van der Waals surface area contributed by atoms with Crippen molar-refractivity contribution in [2.45, 2.75) is 31.8 Å². The number of anilines is 1. The van der Waals surface area contributed by atoms with E-state index in [0.717, 1.165) is 0 Å². The molecule has 2 aromatic carbocycles. The van der Waals surface area contributed by atoms with Gasteiger partial charge in [-0.1, -0.05) is 23.2 Å². The first-order valence-corrected chi connectivity index (χ1v) is 12.5. The molecule has 1 aliphatic rings. The number of nitrogens with two attached hydrogens (primary N) is 1. The van der Waals surface area contributed by atoms with Crippen LogP contribution in [0, 0.1) is 6.92 Å². The summed E-state index contributed by atoms with van der Waals surface area (Å²) in [5.74, 6) is -1.16. The SMILES string of the molecule is Cc1nc2c(N)ncnc2n([C@H]2C[C@H](OC(=O)c3ccc(Cl)cc3)[C@@H](COC(=O)c3ccc(Cl)cc3)O2)c1=O. The Kier molecular flexibility index (Phi) is 7.47. The minimum absolute atomic E-state index is 0.0604. The van der Waals surface area contributed by atoms with Gasteiger partial charge in [0.1, 0.15) is 42.6 Å². The van der Waals surface area contributed by atoms with E-state index in [4.69, 9.17) is 43.1 Å². The number of esters is 2. The number of nitrogen functional groups attached to an aromatic ring is 1. The molecule has 4 aromatic rings. The van der Waals surface area contributed by atoms with E-state index in [1.165, 1.54) is 42.1 Å². The topological polar surface area (TPSA) is 149 Å². The number of aryl methyl sites for hydroxylation is 1. The predicted molar refractivity (Wildman–Crippen MR) is 142 cm³/mol. The van der Waals surface area contributed by atoms with Crippen LogP contribution in [0.15, 0.2) is 59.7 Å². The van der Waals surface area contributed by atoms with Crippen molar-refractivity contribution in [1.82, 2.24) is 19.5 Å². The summed E-state index contributed by atoms with van der Waals surface area (Å²) in [6, 6.07) is 12.4. The second-order valence-electron chi connectivity index (χ2n) is 8.72. The number of carbonyl (C=O) groups excluding carboxylic acids is 2. The Hall–Kier alpha value is -4.06. The lowest BCUT2D eigenvalue weighted by molar-refractivity contribution is -0.0570. The molecule has 0 aliphatic carbocycles. The van der Waals surface area contributed by atoms with E-state index in [1.54, 1.807) is 24.3 Å². The summed E-state index contributed by atoms with van der Waals surface area (Å²) in [6.07, 6.45) is -1.45. The van der Waals surface area contributed by atoms with E-state index >= 15 is 0 Å². The van der Waals surface area contributed by atoms with Crippen molar-refractivity contribution in [3.05, 3.63) is 92.1 Å². The van der Waals surface area contributed by atoms with Gasteiger partial charge in [-0.05, 0) is 55.5 Å². The zero-order valence-electron chi connectivity index (χ0n) is 20.4. The number of hydrogen-bond acceptors (Lipinski definition) is 10. The summed E-state index contributed by atoms with van der Waals surface area (Å²) in [5, 5.41) is 0.931. The third-order valence-electron chi connectivity index (χ3n) is 6.13. The molecule has 13 heteroatoms. The highest BCUT2D eigenvalue weighted by Crippen LogP contribution is 2.33. The first kappa shape index (κ1) is 26.5. The second-order valence-corrected chi connectivity index (χ2v) is 9.60. The van der Waals surface area contributed by atoms with Crippen LogP contribution in [0.25, 0.3) is 11.2 Å². The normalized spacial score (nSPS) is 18.7. The highest BCUT2D eigenvalue weighted by Gasteiger charge is 2.41. The Bertz CT molecular complexity index is 1610. The van der Waals surface area contributed by atoms with Crippen molar-refractivity contribution in [3.8, 4) is 0 Å². The van der Waals surface area contributed by atoms with Crippen LogP contribution in [-0.4, -0.2) is 50.3 Å². The lowest BCUT2D eigenvalue weighted by Gasteiger charge is -2.19. The number of benzene rings is 2. The maximum atomic E-state index is 13.2. The number of aromatic nitrogens is 4. The molecule has 0 radical (unpaired) electrons. The summed E-state index contributed by atoms with van der Waals surface area (Å²) in [7, 11) is 0. The molecule has 39 heavy (non-hydrogen) atoms.